The summed E-state index contributed by atoms with van der Waals surface area (Å²) < 4.78 is 4.75. The number of esters is 2. The van der Waals surface area contributed by atoms with Crippen molar-refractivity contribution in [3.05, 3.63) is 46.8 Å². The summed E-state index contributed by atoms with van der Waals surface area (Å²) >= 11 is 0. The Morgan fingerprint density at radius 3 is 2.68 bits per heavy atom. The van der Waals surface area contributed by atoms with Gasteiger partial charge in [0.1, 0.15) is 0 Å². The van der Waals surface area contributed by atoms with Crippen LogP contribution in [0.4, 0.5) is 5.69 Å². The van der Waals surface area contributed by atoms with Gasteiger partial charge in [0.05, 0.1) is 22.5 Å². The largest absolute Gasteiger partial charge is 0.386 e. The quantitative estimate of drug-likeness (QED) is 0.669. The third-order valence-corrected chi connectivity index (χ3v) is 4.81. The number of hydrogen-bond donors (Lipinski definition) is 1. The number of fused-ring (bicyclic) bond motifs is 1. The van der Waals surface area contributed by atoms with Gasteiger partial charge in [-0.2, -0.15) is 5.10 Å². The van der Waals surface area contributed by atoms with E-state index in [1.54, 1.807) is 12.1 Å². The van der Waals surface area contributed by atoms with E-state index in [9.17, 15) is 9.59 Å². The van der Waals surface area contributed by atoms with E-state index >= 15 is 0 Å². The van der Waals surface area contributed by atoms with E-state index in [0.717, 1.165) is 56.2 Å². The highest BCUT2D eigenvalue weighted by Crippen LogP contribution is 2.30. The minimum Gasteiger partial charge on any atom is -0.386 e. The average Bonchev–Trinajstić information content (AvgIpc) is 3.17. The molecule has 2 aliphatic rings. The molecule has 3 heterocycles. The molecule has 0 atom stereocenters. The summed E-state index contributed by atoms with van der Waals surface area (Å²) in [5.41, 5.74) is 3.75. The lowest BCUT2D eigenvalue weighted by Crippen LogP contribution is -2.47. The summed E-state index contributed by atoms with van der Waals surface area (Å²) in [6, 6.07) is 7.42. The standard InChI is InChI=1S/C18H20N4O3/c1-12-11-13(20-19-12)5-6-21-7-9-22(10-8-21)15-4-2-3-14-16(15)18(24)25-17(14)23/h2-4,11H,5-10H2,1H3,(H,19,20). The first-order chi connectivity index (χ1) is 12.1. The van der Waals surface area contributed by atoms with Gasteiger partial charge in [-0.05, 0) is 25.1 Å². The normalized spacial score (nSPS) is 17.7. The molecule has 7 heteroatoms. The number of aryl methyl sites for hydroxylation is 1. The molecular weight excluding hydrogens is 320 g/mol. The molecule has 1 fully saturated rings. The molecule has 25 heavy (non-hydrogen) atoms. The first-order valence-electron chi connectivity index (χ1n) is 8.49. The Bertz CT molecular complexity index is 821. The maximum Gasteiger partial charge on any atom is 0.349 e. The number of H-pyrrole nitrogens is 1. The molecule has 0 aliphatic carbocycles. The molecule has 2 aliphatic heterocycles. The highest BCUT2D eigenvalue weighted by atomic mass is 16.6. The summed E-state index contributed by atoms with van der Waals surface area (Å²) in [4.78, 5) is 28.2. The smallest absolute Gasteiger partial charge is 0.349 e. The minimum absolute atomic E-state index is 0.374. The molecule has 7 nitrogen and oxygen atoms in total. The fraction of sp³-hybridized carbons (Fsp3) is 0.389. The van der Waals surface area contributed by atoms with E-state index in [-0.39, 0.29) is 0 Å². The van der Waals surface area contributed by atoms with Gasteiger partial charge >= 0.3 is 11.9 Å². The maximum absolute atomic E-state index is 12.0. The second kappa shape index (κ2) is 6.33. The molecule has 2 aromatic rings. The number of cyclic esters (lactones) is 2. The predicted molar refractivity (Wildman–Crippen MR) is 91.9 cm³/mol. The van der Waals surface area contributed by atoms with Crippen molar-refractivity contribution in [3.63, 3.8) is 0 Å². The highest BCUT2D eigenvalue weighted by Gasteiger charge is 2.34. The van der Waals surface area contributed by atoms with E-state index in [2.05, 4.69) is 26.1 Å². The van der Waals surface area contributed by atoms with Gasteiger partial charge in [-0.3, -0.25) is 10.00 Å². The first kappa shape index (κ1) is 15.8. The van der Waals surface area contributed by atoms with Crippen LogP contribution in [0.2, 0.25) is 0 Å². The average molecular weight is 340 g/mol. The molecule has 1 aromatic carbocycles. The molecule has 0 spiro atoms. The maximum atomic E-state index is 12.0. The Kier molecular flexibility index (Phi) is 4.01. The summed E-state index contributed by atoms with van der Waals surface area (Å²) in [5.74, 6) is -1.08. The van der Waals surface area contributed by atoms with Crippen molar-refractivity contribution in [2.24, 2.45) is 0 Å². The molecule has 0 saturated carbocycles. The second-order valence-electron chi connectivity index (χ2n) is 6.50. The Hall–Kier alpha value is -2.67. The summed E-state index contributed by atoms with van der Waals surface area (Å²) in [7, 11) is 0. The van der Waals surface area contributed by atoms with Crippen LogP contribution < -0.4 is 4.90 Å². The van der Waals surface area contributed by atoms with E-state index in [1.165, 1.54) is 0 Å². The number of carbonyl (C=O) groups excluding carboxylic acids is 2. The van der Waals surface area contributed by atoms with Gasteiger partial charge in [0.15, 0.2) is 0 Å². The van der Waals surface area contributed by atoms with E-state index in [1.807, 2.05) is 13.0 Å². The van der Waals surface area contributed by atoms with E-state index in [4.69, 9.17) is 4.74 Å². The summed E-state index contributed by atoms with van der Waals surface area (Å²) in [6.45, 7) is 6.43. The molecule has 1 N–H and O–H groups in total. The number of anilines is 1. The van der Waals surface area contributed by atoms with E-state index < -0.39 is 11.9 Å². The molecule has 0 radical (unpaired) electrons. The fourth-order valence-electron chi connectivity index (χ4n) is 3.47. The topological polar surface area (TPSA) is 78.5 Å². The Labute approximate surface area is 145 Å². The molecule has 4 rings (SSSR count). The van der Waals surface area contributed by atoms with Crippen molar-refractivity contribution in [1.29, 1.82) is 0 Å². The predicted octanol–water partition coefficient (Wildman–Crippen LogP) is 1.39. The number of hydrogen-bond acceptors (Lipinski definition) is 6. The highest BCUT2D eigenvalue weighted by molar-refractivity contribution is 6.17. The zero-order valence-corrected chi connectivity index (χ0v) is 14.1. The Balaban J connectivity index is 1.40. The van der Waals surface area contributed by atoms with Crippen LogP contribution in [0.15, 0.2) is 24.3 Å². The van der Waals surface area contributed by atoms with Crippen LogP contribution in [0.3, 0.4) is 0 Å². The number of aromatic nitrogens is 2. The minimum atomic E-state index is -0.546. The molecule has 0 bridgehead atoms. The van der Waals surface area contributed by atoms with Crippen LogP contribution in [-0.4, -0.2) is 59.8 Å². The molecule has 0 unspecified atom stereocenters. The monoisotopic (exact) mass is 340 g/mol. The lowest BCUT2D eigenvalue weighted by atomic mass is 10.1. The number of piperazine rings is 1. The van der Waals surface area contributed by atoms with Crippen molar-refractivity contribution in [3.8, 4) is 0 Å². The lowest BCUT2D eigenvalue weighted by Gasteiger charge is -2.36. The van der Waals surface area contributed by atoms with Gasteiger partial charge < -0.3 is 9.64 Å². The third-order valence-electron chi connectivity index (χ3n) is 4.81. The van der Waals surface area contributed by atoms with Crippen molar-refractivity contribution in [1.82, 2.24) is 15.1 Å². The van der Waals surface area contributed by atoms with Gasteiger partial charge in [0.25, 0.3) is 0 Å². The number of nitrogens with one attached hydrogen (secondary N) is 1. The molecule has 0 amide bonds. The van der Waals surface area contributed by atoms with Crippen molar-refractivity contribution >= 4 is 17.6 Å². The van der Waals surface area contributed by atoms with Crippen molar-refractivity contribution < 1.29 is 14.3 Å². The molecular formula is C18H20N4O3. The SMILES string of the molecule is Cc1cc(CCN2CCN(c3cccc4c3C(=O)OC4=O)CC2)n[nH]1. The molecule has 1 saturated heterocycles. The number of carbonyl (C=O) groups is 2. The fourth-order valence-corrected chi connectivity index (χ4v) is 3.47. The first-order valence-corrected chi connectivity index (χ1v) is 8.49. The second-order valence-corrected chi connectivity index (χ2v) is 6.50. The van der Waals surface area contributed by atoms with Gasteiger partial charge in [-0.25, -0.2) is 9.59 Å². The lowest BCUT2D eigenvalue weighted by molar-refractivity contribution is 0.0444. The zero-order valence-electron chi connectivity index (χ0n) is 14.1. The zero-order chi connectivity index (χ0) is 17.4. The number of benzene rings is 1. The van der Waals surface area contributed by atoms with E-state index in [0.29, 0.717) is 11.1 Å². The van der Waals surface area contributed by atoms with Crippen LogP contribution in [-0.2, 0) is 11.2 Å². The number of aromatic amines is 1. The van der Waals surface area contributed by atoms with Gasteiger partial charge in [-0.15, -0.1) is 0 Å². The van der Waals surface area contributed by atoms with Gasteiger partial charge in [-0.1, -0.05) is 6.07 Å². The third kappa shape index (κ3) is 3.02. The number of nitrogens with zero attached hydrogens (tertiary/aromatic N) is 3. The number of ether oxygens (including phenoxy) is 1. The van der Waals surface area contributed by atoms with Gasteiger partial charge in [0.2, 0.25) is 0 Å². The van der Waals surface area contributed by atoms with Crippen molar-refractivity contribution in [2.75, 3.05) is 37.6 Å². The van der Waals surface area contributed by atoms with Crippen LogP contribution in [0.25, 0.3) is 0 Å². The summed E-state index contributed by atoms with van der Waals surface area (Å²) in [6.07, 6.45) is 0.923. The van der Waals surface area contributed by atoms with Crippen LogP contribution in [0, 0.1) is 6.92 Å². The Morgan fingerprint density at radius 1 is 1.16 bits per heavy atom. The van der Waals surface area contributed by atoms with Crippen molar-refractivity contribution in [2.45, 2.75) is 13.3 Å². The summed E-state index contributed by atoms with van der Waals surface area (Å²) in [5, 5.41) is 7.24. The molecule has 1 aromatic heterocycles. The van der Waals surface area contributed by atoms with Crippen LogP contribution in [0.1, 0.15) is 32.1 Å². The Morgan fingerprint density at radius 2 is 1.96 bits per heavy atom. The van der Waals surface area contributed by atoms with Crippen LogP contribution >= 0.6 is 0 Å². The number of rotatable bonds is 4. The van der Waals surface area contributed by atoms with Crippen LogP contribution in [0.5, 0.6) is 0 Å². The molecule has 130 valence electrons. The van der Waals surface area contributed by atoms with Gasteiger partial charge in [0, 0.05) is 44.8 Å².